The van der Waals surface area contributed by atoms with Crippen molar-refractivity contribution in [2.24, 2.45) is 5.92 Å². The Morgan fingerprint density at radius 1 is 1.30 bits per heavy atom. The van der Waals surface area contributed by atoms with E-state index in [9.17, 15) is 0 Å². The Morgan fingerprint density at radius 2 is 1.95 bits per heavy atom. The summed E-state index contributed by atoms with van der Waals surface area (Å²) in [5.74, 6) is 0.946. The molecule has 0 bridgehead atoms. The van der Waals surface area contributed by atoms with Crippen molar-refractivity contribution in [1.82, 2.24) is 10.2 Å². The van der Waals surface area contributed by atoms with Gasteiger partial charge in [-0.2, -0.15) is 0 Å². The standard InChI is InChI=1S/C14H22Cl2N2OSi/c1-14(2,3)20(4,5)19-8-9-6-10(9)11-7-12(15)17-18-13(11)16/h7,9-10H,6,8H2,1-5H3/t9-,10+/m1/s1. The highest BCUT2D eigenvalue weighted by molar-refractivity contribution is 6.74. The molecule has 2 atom stereocenters. The van der Waals surface area contributed by atoms with Crippen molar-refractivity contribution in [2.45, 2.75) is 51.2 Å². The number of hydrogen-bond donors (Lipinski definition) is 0. The Labute approximate surface area is 132 Å². The Morgan fingerprint density at radius 3 is 2.55 bits per heavy atom. The van der Waals surface area contributed by atoms with Gasteiger partial charge in [-0.15, -0.1) is 10.2 Å². The molecule has 0 N–H and O–H groups in total. The second kappa shape index (κ2) is 5.56. The van der Waals surface area contributed by atoms with Crippen molar-refractivity contribution in [3.05, 3.63) is 21.9 Å². The highest BCUT2D eigenvalue weighted by Crippen LogP contribution is 2.50. The molecule has 20 heavy (non-hydrogen) atoms. The number of halogens is 2. The topological polar surface area (TPSA) is 35.0 Å². The zero-order chi connectivity index (χ0) is 15.1. The fourth-order valence-electron chi connectivity index (χ4n) is 1.97. The van der Waals surface area contributed by atoms with E-state index in [1.165, 1.54) is 0 Å². The van der Waals surface area contributed by atoms with Crippen molar-refractivity contribution in [2.75, 3.05) is 6.61 Å². The van der Waals surface area contributed by atoms with Gasteiger partial charge in [0.1, 0.15) is 0 Å². The second-order valence-electron chi connectivity index (χ2n) is 7.09. The summed E-state index contributed by atoms with van der Waals surface area (Å²) in [5.41, 5.74) is 1.01. The molecule has 0 unspecified atom stereocenters. The van der Waals surface area contributed by atoms with Crippen molar-refractivity contribution in [1.29, 1.82) is 0 Å². The van der Waals surface area contributed by atoms with Crippen LogP contribution in [0.1, 0.15) is 38.7 Å². The molecule has 1 heterocycles. The molecule has 6 heteroatoms. The van der Waals surface area contributed by atoms with E-state index in [-0.39, 0.29) is 5.04 Å². The Hall–Kier alpha value is -0.163. The molecule has 0 saturated heterocycles. The van der Waals surface area contributed by atoms with Gasteiger partial charge < -0.3 is 4.43 Å². The van der Waals surface area contributed by atoms with Crippen LogP contribution in [-0.4, -0.2) is 25.1 Å². The van der Waals surface area contributed by atoms with Gasteiger partial charge >= 0.3 is 0 Å². The van der Waals surface area contributed by atoms with Gasteiger partial charge in [-0.05, 0) is 48.0 Å². The van der Waals surface area contributed by atoms with Crippen LogP contribution < -0.4 is 0 Å². The highest BCUT2D eigenvalue weighted by atomic mass is 35.5. The van der Waals surface area contributed by atoms with Crippen LogP contribution in [0.2, 0.25) is 28.4 Å². The SMILES string of the molecule is CC(C)(C)[Si](C)(C)OC[C@H]1C[C@@H]1c1cc(Cl)nnc1Cl. The molecule has 0 amide bonds. The maximum absolute atomic E-state index is 6.27. The summed E-state index contributed by atoms with van der Waals surface area (Å²) in [6.45, 7) is 12.1. The van der Waals surface area contributed by atoms with Crippen molar-refractivity contribution < 1.29 is 4.43 Å². The molecule has 0 aromatic carbocycles. The Balaban J connectivity index is 1.95. The molecule has 112 valence electrons. The molecule has 2 rings (SSSR count). The largest absolute Gasteiger partial charge is 0.417 e. The molecule has 1 saturated carbocycles. The zero-order valence-corrected chi connectivity index (χ0v) is 15.2. The van der Waals surface area contributed by atoms with E-state index in [1.807, 2.05) is 6.07 Å². The van der Waals surface area contributed by atoms with Crippen LogP contribution in [0.25, 0.3) is 0 Å². The van der Waals surface area contributed by atoms with Crippen molar-refractivity contribution >= 4 is 31.5 Å². The van der Waals surface area contributed by atoms with E-state index in [4.69, 9.17) is 27.6 Å². The molecular weight excluding hydrogens is 311 g/mol. The summed E-state index contributed by atoms with van der Waals surface area (Å²) in [5, 5.41) is 8.74. The summed E-state index contributed by atoms with van der Waals surface area (Å²) in [7, 11) is -1.67. The smallest absolute Gasteiger partial charge is 0.191 e. The molecule has 1 aliphatic rings. The lowest BCUT2D eigenvalue weighted by molar-refractivity contribution is 0.270. The fraction of sp³-hybridized carbons (Fsp3) is 0.714. The van der Waals surface area contributed by atoms with E-state index in [2.05, 4.69) is 44.1 Å². The number of aromatic nitrogens is 2. The molecule has 1 aromatic heterocycles. The van der Waals surface area contributed by atoms with E-state index in [0.29, 0.717) is 22.1 Å². The molecule has 1 aromatic rings. The summed E-state index contributed by atoms with van der Waals surface area (Å²) >= 11 is 12.0. The molecular formula is C14H22Cl2N2OSi. The number of nitrogens with zero attached hydrogens (tertiary/aromatic N) is 2. The van der Waals surface area contributed by atoms with E-state index >= 15 is 0 Å². The molecule has 0 radical (unpaired) electrons. The highest BCUT2D eigenvalue weighted by Gasteiger charge is 2.43. The van der Waals surface area contributed by atoms with Crippen LogP contribution in [0.4, 0.5) is 0 Å². The third-order valence-electron chi connectivity index (χ3n) is 4.53. The van der Waals surface area contributed by atoms with Crippen LogP contribution >= 0.6 is 23.2 Å². The van der Waals surface area contributed by atoms with Gasteiger partial charge in [-0.1, -0.05) is 44.0 Å². The van der Waals surface area contributed by atoms with Gasteiger partial charge in [0.25, 0.3) is 0 Å². The van der Waals surface area contributed by atoms with Crippen LogP contribution in [0.15, 0.2) is 6.07 Å². The second-order valence-corrected chi connectivity index (χ2v) is 12.6. The zero-order valence-electron chi connectivity index (χ0n) is 12.7. The molecule has 1 fully saturated rings. The van der Waals surface area contributed by atoms with E-state index < -0.39 is 8.32 Å². The van der Waals surface area contributed by atoms with Gasteiger partial charge in [0.2, 0.25) is 0 Å². The lowest BCUT2D eigenvalue weighted by Crippen LogP contribution is -2.41. The lowest BCUT2D eigenvalue weighted by atomic mass is 10.2. The van der Waals surface area contributed by atoms with Crippen molar-refractivity contribution in [3.63, 3.8) is 0 Å². The average molecular weight is 333 g/mol. The average Bonchev–Trinajstić information content (AvgIpc) is 3.08. The third-order valence-corrected chi connectivity index (χ3v) is 9.51. The quantitative estimate of drug-likeness (QED) is 0.735. The summed E-state index contributed by atoms with van der Waals surface area (Å²) in [6, 6.07) is 1.83. The Bertz CT molecular complexity index is 502. The summed E-state index contributed by atoms with van der Waals surface area (Å²) in [6.07, 6.45) is 1.09. The van der Waals surface area contributed by atoms with Gasteiger partial charge in [0, 0.05) is 6.61 Å². The summed E-state index contributed by atoms with van der Waals surface area (Å²) < 4.78 is 6.27. The first kappa shape index (κ1) is 16.2. The van der Waals surface area contributed by atoms with Crippen LogP contribution in [0.3, 0.4) is 0 Å². The van der Waals surface area contributed by atoms with Crippen molar-refractivity contribution in [3.8, 4) is 0 Å². The minimum Gasteiger partial charge on any atom is -0.417 e. The monoisotopic (exact) mass is 332 g/mol. The maximum atomic E-state index is 6.27. The molecule has 0 spiro atoms. The minimum absolute atomic E-state index is 0.247. The fourth-order valence-corrected chi connectivity index (χ4v) is 3.42. The minimum atomic E-state index is -1.67. The van der Waals surface area contributed by atoms with Gasteiger partial charge in [-0.3, -0.25) is 0 Å². The predicted octanol–water partition coefficient (Wildman–Crippen LogP) is 4.91. The van der Waals surface area contributed by atoms with E-state index in [1.54, 1.807) is 0 Å². The van der Waals surface area contributed by atoms with E-state index in [0.717, 1.165) is 18.6 Å². The molecule has 3 nitrogen and oxygen atoms in total. The molecule has 1 aliphatic carbocycles. The van der Waals surface area contributed by atoms with Gasteiger partial charge in [0.05, 0.1) is 0 Å². The predicted molar refractivity (Wildman–Crippen MR) is 86.0 cm³/mol. The first-order chi connectivity index (χ1) is 9.12. The van der Waals surface area contributed by atoms with Crippen LogP contribution in [-0.2, 0) is 4.43 Å². The van der Waals surface area contributed by atoms with Crippen LogP contribution in [0.5, 0.6) is 0 Å². The Kier molecular flexibility index (Phi) is 4.51. The van der Waals surface area contributed by atoms with Crippen LogP contribution in [0, 0.1) is 5.92 Å². The number of hydrogen-bond acceptors (Lipinski definition) is 3. The normalized spacial score (nSPS) is 22.9. The maximum Gasteiger partial charge on any atom is 0.191 e. The lowest BCUT2D eigenvalue weighted by Gasteiger charge is -2.36. The third kappa shape index (κ3) is 3.53. The van der Waals surface area contributed by atoms with Gasteiger partial charge in [0.15, 0.2) is 18.6 Å². The first-order valence-corrected chi connectivity index (χ1v) is 10.6. The van der Waals surface area contributed by atoms with Gasteiger partial charge in [-0.25, -0.2) is 0 Å². The summed E-state index contributed by atoms with van der Waals surface area (Å²) in [4.78, 5) is 0. The number of rotatable bonds is 4. The first-order valence-electron chi connectivity index (χ1n) is 6.94. The molecule has 0 aliphatic heterocycles.